The van der Waals surface area contributed by atoms with Crippen LogP contribution in [-0.4, -0.2) is 144 Å². The second kappa shape index (κ2) is 13.6. The van der Waals surface area contributed by atoms with Crippen molar-refractivity contribution in [2.24, 2.45) is 0 Å². The number of fused-ring (bicyclic) bond motifs is 4. The van der Waals surface area contributed by atoms with Gasteiger partial charge in [0.15, 0.2) is 97.7 Å². The minimum Gasteiger partial charge on any atom is -0.508 e. The average molecular weight is 906 g/mol. The highest BCUT2D eigenvalue weighted by Crippen LogP contribution is 2.66. The fourth-order valence-electron chi connectivity index (χ4n) is 8.85. The topological polar surface area (TPSA) is 445 Å². The van der Waals surface area contributed by atoms with E-state index >= 15 is 0 Å². The molecule has 0 amide bonds. The lowest BCUT2D eigenvalue weighted by Gasteiger charge is -2.26. The molecule has 0 heterocycles. The number of phenols is 22. The Morgan fingerprint density at radius 1 is 0.136 bits per heavy atom. The molecular weight excluding hydrogens is 876 g/mol. The first-order valence-corrected chi connectivity index (χ1v) is 18.7. The Kier molecular flexibility index (Phi) is 8.91. The third kappa shape index (κ3) is 4.93. The van der Waals surface area contributed by atoms with E-state index in [1.54, 1.807) is 0 Å². The number of hydrogen-bond donors (Lipinski definition) is 22. The number of aromatic hydroxyl groups is 22. The maximum Gasteiger partial charge on any atom is 0.205 e. The van der Waals surface area contributed by atoms with E-state index in [1.807, 2.05) is 0 Å². The highest BCUT2D eigenvalue weighted by atomic mass is 16.4. The SMILES string of the molecule is Bc1c(O)c(O)c2c(-c3c(O)c(O)c(-c4c(O)c(O)c5c(O)c(O)c(O)c(O)c5c4B)c(O)c3O)c3c(O)c(O)c(O)c(O)c3c(-c3c(O)c(O)c(B)c4c(O)c(O)c(O)c(B)c34)c2c1O. The van der Waals surface area contributed by atoms with Gasteiger partial charge >= 0.3 is 0 Å². The molecule has 0 spiro atoms. The Bertz CT molecular complexity index is 3550. The lowest BCUT2D eigenvalue weighted by atomic mass is 9.74. The van der Waals surface area contributed by atoms with Gasteiger partial charge in [0.1, 0.15) is 37.1 Å². The number of phenolic OH excluding ortho intramolecular Hbond substituents is 22. The molecule has 8 aromatic rings. The second-order valence-electron chi connectivity index (χ2n) is 15.4. The molecule has 0 aromatic heterocycles. The fraction of sp³-hybridized carbons (Fsp3) is 0. The van der Waals surface area contributed by atoms with Crippen LogP contribution in [0.1, 0.15) is 0 Å². The molecule has 22 nitrogen and oxygen atoms in total. The predicted octanol–water partition coefficient (Wildman–Crippen LogP) is -2.14. The maximum absolute atomic E-state index is 12.0. The van der Waals surface area contributed by atoms with Gasteiger partial charge in [-0.05, 0) is 21.8 Å². The normalized spacial score (nSPS) is 11.7. The molecule has 334 valence electrons. The van der Waals surface area contributed by atoms with Crippen molar-refractivity contribution in [3.05, 3.63) is 0 Å². The van der Waals surface area contributed by atoms with Crippen molar-refractivity contribution >= 4 is 96.3 Å². The second-order valence-corrected chi connectivity index (χ2v) is 15.4. The summed E-state index contributed by atoms with van der Waals surface area (Å²) in [5, 5.41) is 241. The number of rotatable bonds is 3. The van der Waals surface area contributed by atoms with Crippen molar-refractivity contribution in [3.63, 3.8) is 0 Å². The van der Waals surface area contributed by atoms with Crippen LogP contribution in [-0.2, 0) is 0 Å². The van der Waals surface area contributed by atoms with E-state index in [4.69, 9.17) is 0 Å². The van der Waals surface area contributed by atoms with Crippen LogP contribution in [0.2, 0.25) is 0 Å². The zero-order chi connectivity index (χ0) is 49.1. The van der Waals surface area contributed by atoms with E-state index in [-0.39, 0.29) is 5.46 Å². The maximum atomic E-state index is 12.0. The summed E-state index contributed by atoms with van der Waals surface area (Å²) in [5.41, 5.74) is -8.40. The smallest absolute Gasteiger partial charge is 0.205 e. The Hall–Kier alpha value is -9.34. The Labute approximate surface area is 367 Å². The van der Waals surface area contributed by atoms with Gasteiger partial charge in [-0.25, -0.2) is 0 Å². The van der Waals surface area contributed by atoms with Crippen molar-refractivity contribution < 1.29 is 112 Å². The van der Waals surface area contributed by atoms with E-state index in [2.05, 4.69) is 0 Å². The molecule has 0 saturated heterocycles. The molecule has 0 unspecified atom stereocenters. The summed E-state index contributed by atoms with van der Waals surface area (Å²) in [6, 6.07) is 0. The van der Waals surface area contributed by atoms with Gasteiger partial charge in [-0.3, -0.25) is 0 Å². The first-order chi connectivity index (χ1) is 30.7. The summed E-state index contributed by atoms with van der Waals surface area (Å²) in [4.78, 5) is 0. The Morgan fingerprint density at radius 3 is 0.833 bits per heavy atom. The van der Waals surface area contributed by atoms with E-state index in [0.717, 1.165) is 31.4 Å². The molecule has 26 heteroatoms. The molecule has 66 heavy (non-hydrogen) atoms. The summed E-state index contributed by atoms with van der Waals surface area (Å²) in [7, 11) is 4.27. The summed E-state index contributed by atoms with van der Waals surface area (Å²) in [6.45, 7) is 0. The lowest BCUT2D eigenvalue weighted by molar-refractivity contribution is 0.349. The van der Waals surface area contributed by atoms with Crippen LogP contribution < -0.4 is 21.9 Å². The Balaban J connectivity index is 1.68. The van der Waals surface area contributed by atoms with Crippen molar-refractivity contribution in [1.29, 1.82) is 0 Å². The fourth-order valence-corrected chi connectivity index (χ4v) is 8.85. The van der Waals surface area contributed by atoms with Crippen molar-refractivity contribution in [2.45, 2.75) is 0 Å². The van der Waals surface area contributed by atoms with Crippen molar-refractivity contribution in [3.8, 4) is 160 Å². The van der Waals surface area contributed by atoms with E-state index in [9.17, 15) is 112 Å². The quantitative estimate of drug-likeness (QED) is 0.0389. The minimum atomic E-state index is -1.65. The third-order valence-corrected chi connectivity index (χ3v) is 12.2. The largest absolute Gasteiger partial charge is 0.508 e. The standard InChI is InChI=1S/C40H30B4O22/c41-15-10(24(50)29(55)14-11(15)26(52)39(65)40(66)32(14)58)13-30(56)27(53)12(28(54)31(13)57)2-7-5(19(45)18(44)35(61)21(7)47)1(6-8(2)23(49)38(64)37(63)22(6)48)4-3-9(17(43)33(59)20(4)46)25(51)36(62)34(60)16(3)42/h45-66H,41-44H2. The van der Waals surface area contributed by atoms with E-state index in [1.165, 1.54) is 0 Å². The minimum absolute atomic E-state index is 0.357. The first kappa shape index (κ1) is 43.3. The van der Waals surface area contributed by atoms with E-state index < -0.39 is 219 Å². The Morgan fingerprint density at radius 2 is 0.379 bits per heavy atom. The average Bonchev–Trinajstić information content (AvgIpc) is 3.28. The van der Waals surface area contributed by atoms with Gasteiger partial charge in [-0.1, -0.05) is 5.46 Å². The molecule has 0 aliphatic heterocycles. The van der Waals surface area contributed by atoms with Gasteiger partial charge in [-0.15, -0.1) is 0 Å². The molecule has 0 aliphatic carbocycles. The molecule has 0 atom stereocenters. The van der Waals surface area contributed by atoms with Crippen LogP contribution in [0.15, 0.2) is 0 Å². The van der Waals surface area contributed by atoms with Gasteiger partial charge in [0.25, 0.3) is 0 Å². The van der Waals surface area contributed by atoms with E-state index in [0.29, 0.717) is 0 Å². The molecule has 8 aromatic carbocycles. The van der Waals surface area contributed by atoms with Crippen LogP contribution in [0.3, 0.4) is 0 Å². The molecule has 0 radical (unpaired) electrons. The molecule has 0 saturated carbocycles. The lowest BCUT2D eigenvalue weighted by Crippen LogP contribution is -2.15. The molecule has 0 aliphatic rings. The molecule has 0 fully saturated rings. The van der Waals surface area contributed by atoms with Gasteiger partial charge < -0.3 is 112 Å². The highest BCUT2D eigenvalue weighted by Gasteiger charge is 2.39. The van der Waals surface area contributed by atoms with Crippen molar-refractivity contribution in [1.82, 2.24) is 0 Å². The zero-order valence-corrected chi connectivity index (χ0v) is 33.8. The van der Waals surface area contributed by atoms with Crippen LogP contribution >= 0.6 is 0 Å². The van der Waals surface area contributed by atoms with Crippen LogP contribution in [0.5, 0.6) is 126 Å². The van der Waals surface area contributed by atoms with Crippen molar-refractivity contribution in [2.75, 3.05) is 0 Å². The summed E-state index contributed by atoms with van der Waals surface area (Å²) in [6.07, 6.45) is 0. The number of hydrogen-bond acceptors (Lipinski definition) is 22. The highest BCUT2D eigenvalue weighted by molar-refractivity contribution is 6.51. The molecule has 22 N–H and O–H groups in total. The third-order valence-electron chi connectivity index (χ3n) is 12.2. The summed E-state index contributed by atoms with van der Waals surface area (Å²) in [5.74, 6) is -30.0. The summed E-state index contributed by atoms with van der Waals surface area (Å²) < 4.78 is 0. The monoisotopic (exact) mass is 906 g/mol. The predicted molar refractivity (Wildman–Crippen MR) is 242 cm³/mol. The molecular formula is C40H30B4O22. The van der Waals surface area contributed by atoms with Gasteiger partial charge in [0.05, 0.1) is 16.5 Å². The van der Waals surface area contributed by atoms with Crippen LogP contribution in [0.4, 0.5) is 0 Å². The van der Waals surface area contributed by atoms with Gasteiger partial charge in [0.2, 0.25) is 23.0 Å². The molecule has 8 rings (SSSR count). The van der Waals surface area contributed by atoms with Crippen LogP contribution in [0.25, 0.3) is 76.5 Å². The van der Waals surface area contributed by atoms with Gasteiger partial charge in [-0.2, -0.15) is 0 Å². The summed E-state index contributed by atoms with van der Waals surface area (Å²) >= 11 is 0. The van der Waals surface area contributed by atoms with Crippen LogP contribution in [0, 0.1) is 0 Å². The van der Waals surface area contributed by atoms with Gasteiger partial charge in [0, 0.05) is 54.6 Å². The zero-order valence-electron chi connectivity index (χ0n) is 33.8. The molecule has 0 bridgehead atoms. The number of benzene rings is 8. The first-order valence-electron chi connectivity index (χ1n) is 18.7.